The van der Waals surface area contributed by atoms with Crippen LogP contribution in [0.2, 0.25) is 0 Å². The quantitative estimate of drug-likeness (QED) is 0.836. The monoisotopic (exact) mass is 248 g/mol. The molecule has 2 fully saturated rings. The molecule has 1 aliphatic heterocycles. The Morgan fingerprint density at radius 2 is 2.11 bits per heavy atom. The van der Waals surface area contributed by atoms with E-state index in [1.165, 1.54) is 12.8 Å². The molecule has 5 nitrogen and oxygen atoms in total. The molecule has 3 rings (SSSR count). The Balaban J connectivity index is 1.66. The van der Waals surface area contributed by atoms with E-state index in [2.05, 4.69) is 20.4 Å². The van der Waals surface area contributed by atoms with Gasteiger partial charge in [-0.1, -0.05) is 0 Å². The fraction of sp³-hybridized carbons (Fsp3) is 0.692. The maximum Gasteiger partial charge on any atom is 0.272 e. The van der Waals surface area contributed by atoms with Crippen LogP contribution in [-0.4, -0.2) is 46.7 Å². The smallest absolute Gasteiger partial charge is 0.272 e. The van der Waals surface area contributed by atoms with E-state index in [1.54, 1.807) is 12.3 Å². The third-order valence-electron chi connectivity index (χ3n) is 3.89. The summed E-state index contributed by atoms with van der Waals surface area (Å²) in [6.45, 7) is 3.08. The number of rotatable bonds is 4. The first-order chi connectivity index (χ1) is 8.84. The molecule has 1 saturated carbocycles. The Labute approximate surface area is 107 Å². The number of hydrogen-bond acceptors (Lipinski definition) is 3. The number of aromatic amines is 1. The minimum absolute atomic E-state index is 0.119. The van der Waals surface area contributed by atoms with Crippen LogP contribution < -0.4 is 5.32 Å². The second-order valence-electron chi connectivity index (χ2n) is 5.35. The van der Waals surface area contributed by atoms with Crippen molar-refractivity contribution in [2.24, 2.45) is 5.92 Å². The van der Waals surface area contributed by atoms with Gasteiger partial charge in [-0.25, -0.2) is 0 Å². The van der Waals surface area contributed by atoms with Crippen LogP contribution in [0.5, 0.6) is 0 Å². The summed E-state index contributed by atoms with van der Waals surface area (Å²) in [6.07, 6.45) is 6.32. The SMILES string of the molecule is O=C(c1ccn[nH]1)N(CC1CCNCC1)C1CC1. The number of carbonyl (C=O) groups is 1. The first-order valence-electron chi connectivity index (χ1n) is 6.85. The van der Waals surface area contributed by atoms with Gasteiger partial charge in [-0.3, -0.25) is 9.89 Å². The number of amides is 1. The molecule has 1 aromatic heterocycles. The fourth-order valence-electron chi connectivity index (χ4n) is 2.66. The van der Waals surface area contributed by atoms with Crippen molar-refractivity contribution in [1.29, 1.82) is 0 Å². The van der Waals surface area contributed by atoms with Crippen molar-refractivity contribution < 1.29 is 4.79 Å². The fourth-order valence-corrected chi connectivity index (χ4v) is 2.66. The van der Waals surface area contributed by atoms with Crippen molar-refractivity contribution in [3.8, 4) is 0 Å². The highest BCUT2D eigenvalue weighted by molar-refractivity contribution is 5.92. The van der Waals surface area contributed by atoms with Gasteiger partial charge in [0.25, 0.3) is 5.91 Å². The Kier molecular flexibility index (Phi) is 3.32. The van der Waals surface area contributed by atoms with Gasteiger partial charge in [0.05, 0.1) is 0 Å². The molecular formula is C13H20N4O. The number of hydrogen-bond donors (Lipinski definition) is 2. The maximum absolute atomic E-state index is 12.4. The summed E-state index contributed by atoms with van der Waals surface area (Å²) in [7, 11) is 0. The Bertz CT molecular complexity index is 393. The molecule has 1 amide bonds. The van der Waals surface area contributed by atoms with Gasteiger partial charge in [-0.05, 0) is 50.8 Å². The van der Waals surface area contributed by atoms with Crippen molar-refractivity contribution in [2.75, 3.05) is 19.6 Å². The van der Waals surface area contributed by atoms with Gasteiger partial charge in [0.2, 0.25) is 0 Å². The normalized spacial score (nSPS) is 20.9. The molecule has 5 heteroatoms. The van der Waals surface area contributed by atoms with Crippen LogP contribution in [-0.2, 0) is 0 Å². The van der Waals surface area contributed by atoms with E-state index < -0.39 is 0 Å². The van der Waals surface area contributed by atoms with E-state index >= 15 is 0 Å². The van der Waals surface area contributed by atoms with Crippen LogP contribution in [0.25, 0.3) is 0 Å². The van der Waals surface area contributed by atoms with E-state index in [-0.39, 0.29) is 5.91 Å². The molecule has 2 N–H and O–H groups in total. The summed E-state index contributed by atoms with van der Waals surface area (Å²) < 4.78 is 0. The molecule has 0 unspecified atom stereocenters. The minimum Gasteiger partial charge on any atom is -0.334 e. The molecule has 0 spiro atoms. The van der Waals surface area contributed by atoms with E-state index in [0.29, 0.717) is 17.7 Å². The second-order valence-corrected chi connectivity index (χ2v) is 5.35. The Morgan fingerprint density at radius 3 is 2.72 bits per heavy atom. The molecule has 0 aromatic carbocycles. The molecule has 0 radical (unpaired) electrons. The van der Waals surface area contributed by atoms with Gasteiger partial charge in [0, 0.05) is 18.8 Å². The number of aromatic nitrogens is 2. The lowest BCUT2D eigenvalue weighted by molar-refractivity contribution is 0.0695. The third kappa shape index (κ3) is 2.56. The number of H-pyrrole nitrogens is 1. The van der Waals surface area contributed by atoms with Crippen molar-refractivity contribution in [3.63, 3.8) is 0 Å². The zero-order valence-corrected chi connectivity index (χ0v) is 10.6. The lowest BCUT2D eigenvalue weighted by Gasteiger charge is -2.30. The Morgan fingerprint density at radius 1 is 1.33 bits per heavy atom. The average Bonchev–Trinajstić information content (AvgIpc) is 3.10. The maximum atomic E-state index is 12.4. The van der Waals surface area contributed by atoms with Gasteiger partial charge in [-0.2, -0.15) is 5.10 Å². The highest BCUT2D eigenvalue weighted by Gasteiger charge is 2.35. The van der Waals surface area contributed by atoms with E-state index in [1.807, 2.05) is 0 Å². The van der Waals surface area contributed by atoms with Gasteiger partial charge >= 0.3 is 0 Å². The number of piperidine rings is 1. The number of nitrogens with zero attached hydrogens (tertiary/aromatic N) is 2. The summed E-state index contributed by atoms with van der Waals surface area (Å²) in [6, 6.07) is 2.23. The molecule has 18 heavy (non-hydrogen) atoms. The van der Waals surface area contributed by atoms with Crippen LogP contribution in [0.1, 0.15) is 36.2 Å². The molecule has 2 aliphatic rings. The van der Waals surface area contributed by atoms with Crippen LogP contribution in [0.15, 0.2) is 12.3 Å². The van der Waals surface area contributed by atoms with Crippen molar-refractivity contribution >= 4 is 5.91 Å². The topological polar surface area (TPSA) is 61.0 Å². The molecule has 2 heterocycles. The molecular weight excluding hydrogens is 228 g/mol. The predicted molar refractivity (Wildman–Crippen MR) is 68.2 cm³/mol. The summed E-state index contributed by atoms with van der Waals surface area (Å²) in [5.41, 5.74) is 0.621. The van der Waals surface area contributed by atoms with Crippen LogP contribution >= 0.6 is 0 Å². The summed E-state index contributed by atoms with van der Waals surface area (Å²) in [5.74, 6) is 0.771. The largest absolute Gasteiger partial charge is 0.334 e. The van der Waals surface area contributed by atoms with Gasteiger partial charge < -0.3 is 10.2 Å². The van der Waals surface area contributed by atoms with E-state index in [0.717, 1.165) is 32.5 Å². The average molecular weight is 248 g/mol. The zero-order chi connectivity index (χ0) is 12.4. The first-order valence-corrected chi connectivity index (χ1v) is 6.85. The van der Waals surface area contributed by atoms with Gasteiger partial charge in [0.1, 0.15) is 5.69 Å². The van der Waals surface area contributed by atoms with Crippen LogP contribution in [0.3, 0.4) is 0 Å². The molecule has 98 valence electrons. The Hall–Kier alpha value is -1.36. The van der Waals surface area contributed by atoms with Crippen molar-refractivity contribution in [1.82, 2.24) is 20.4 Å². The van der Waals surface area contributed by atoms with Crippen molar-refractivity contribution in [2.45, 2.75) is 31.7 Å². The highest BCUT2D eigenvalue weighted by Crippen LogP contribution is 2.30. The number of nitrogens with one attached hydrogen (secondary N) is 2. The lowest BCUT2D eigenvalue weighted by atomic mass is 9.97. The van der Waals surface area contributed by atoms with Gasteiger partial charge in [0.15, 0.2) is 0 Å². The summed E-state index contributed by atoms with van der Waals surface area (Å²) >= 11 is 0. The summed E-state index contributed by atoms with van der Waals surface area (Å²) in [5, 5.41) is 10.0. The third-order valence-corrected chi connectivity index (χ3v) is 3.89. The second kappa shape index (κ2) is 5.10. The molecule has 1 aliphatic carbocycles. The first kappa shape index (κ1) is 11.7. The summed E-state index contributed by atoms with van der Waals surface area (Å²) in [4.78, 5) is 14.5. The molecule has 1 aromatic rings. The molecule has 0 bridgehead atoms. The lowest BCUT2D eigenvalue weighted by Crippen LogP contribution is -2.40. The van der Waals surface area contributed by atoms with Crippen LogP contribution in [0.4, 0.5) is 0 Å². The zero-order valence-electron chi connectivity index (χ0n) is 10.6. The highest BCUT2D eigenvalue weighted by atomic mass is 16.2. The molecule has 0 atom stereocenters. The minimum atomic E-state index is 0.119. The predicted octanol–water partition coefficient (Wildman–Crippen LogP) is 1.01. The van der Waals surface area contributed by atoms with E-state index in [4.69, 9.17) is 0 Å². The van der Waals surface area contributed by atoms with E-state index in [9.17, 15) is 4.79 Å². The van der Waals surface area contributed by atoms with Crippen LogP contribution in [0, 0.1) is 5.92 Å². The van der Waals surface area contributed by atoms with Crippen molar-refractivity contribution in [3.05, 3.63) is 18.0 Å². The van der Waals surface area contributed by atoms with Gasteiger partial charge in [-0.15, -0.1) is 0 Å². The molecule has 1 saturated heterocycles. The number of carbonyl (C=O) groups excluding carboxylic acids is 1. The standard InChI is InChI=1S/C13H20N4O/c18-13(12-5-8-15-16-12)17(11-1-2-11)9-10-3-6-14-7-4-10/h5,8,10-11,14H,1-4,6-7,9H2,(H,15,16).